The standard InChI is InChI=1S/C21H29NO4S/c23-19-12-8-9-17(22(19)16-7-2-1-6-13-20(24)25)14-15-21(26)27-18-10-4-3-5-11-18/h3-5,10-11,14-15,17,21,26H,1-2,6-9,12-13,16H2,(H,24,25)/b15-14+/t17-,21?/m1/s1. The molecule has 1 unspecified atom stereocenters. The first-order chi connectivity index (χ1) is 13.1. The number of carbonyl (C=O) groups is 2. The molecule has 1 aliphatic rings. The van der Waals surface area contributed by atoms with Gasteiger partial charge in [-0.25, -0.2) is 0 Å². The molecule has 0 spiro atoms. The van der Waals surface area contributed by atoms with Crippen LogP contribution in [0.1, 0.15) is 51.4 Å². The van der Waals surface area contributed by atoms with E-state index in [9.17, 15) is 14.7 Å². The number of hydrogen-bond donors (Lipinski definition) is 2. The highest BCUT2D eigenvalue weighted by atomic mass is 32.2. The van der Waals surface area contributed by atoms with Gasteiger partial charge in [-0.05, 0) is 43.9 Å². The summed E-state index contributed by atoms with van der Waals surface area (Å²) >= 11 is 1.38. The molecule has 1 aliphatic heterocycles. The van der Waals surface area contributed by atoms with Crippen LogP contribution in [0.2, 0.25) is 0 Å². The van der Waals surface area contributed by atoms with E-state index in [1.54, 1.807) is 6.08 Å². The van der Waals surface area contributed by atoms with Crippen LogP contribution in [0.5, 0.6) is 0 Å². The zero-order chi connectivity index (χ0) is 19.5. The normalized spacial score (nSPS) is 18.8. The zero-order valence-electron chi connectivity index (χ0n) is 15.6. The summed E-state index contributed by atoms with van der Waals surface area (Å²) in [4.78, 5) is 25.7. The Balaban J connectivity index is 1.79. The van der Waals surface area contributed by atoms with Crippen molar-refractivity contribution >= 4 is 23.6 Å². The van der Waals surface area contributed by atoms with E-state index in [1.165, 1.54) is 11.8 Å². The summed E-state index contributed by atoms with van der Waals surface area (Å²) in [5.41, 5.74) is -0.637. The lowest BCUT2D eigenvalue weighted by Crippen LogP contribution is -2.43. The first-order valence-electron chi connectivity index (χ1n) is 9.65. The van der Waals surface area contributed by atoms with Crippen molar-refractivity contribution in [3.63, 3.8) is 0 Å². The van der Waals surface area contributed by atoms with Crippen LogP contribution in [0.15, 0.2) is 47.4 Å². The zero-order valence-corrected chi connectivity index (χ0v) is 16.4. The summed E-state index contributed by atoms with van der Waals surface area (Å²) in [6.07, 6.45) is 9.72. The second-order valence-corrected chi connectivity index (χ2v) is 8.00. The first kappa shape index (κ1) is 21.5. The molecular formula is C21H29NO4S. The monoisotopic (exact) mass is 391 g/mol. The lowest BCUT2D eigenvalue weighted by atomic mass is 10.00. The molecule has 0 saturated carbocycles. The van der Waals surface area contributed by atoms with E-state index in [0.717, 1.165) is 37.0 Å². The Morgan fingerprint density at radius 1 is 1.22 bits per heavy atom. The maximum Gasteiger partial charge on any atom is 0.303 e. The number of amides is 1. The van der Waals surface area contributed by atoms with Crippen molar-refractivity contribution in [1.29, 1.82) is 0 Å². The molecule has 2 atom stereocenters. The van der Waals surface area contributed by atoms with Crippen LogP contribution in [0.4, 0.5) is 0 Å². The number of likely N-dealkylation sites (tertiary alicyclic amines) is 1. The third-order valence-corrected chi connectivity index (χ3v) is 5.59. The van der Waals surface area contributed by atoms with Crippen molar-refractivity contribution in [3.8, 4) is 0 Å². The van der Waals surface area contributed by atoms with Gasteiger partial charge in [-0.1, -0.05) is 48.9 Å². The number of hydrogen-bond acceptors (Lipinski definition) is 4. The first-order valence-corrected chi connectivity index (χ1v) is 10.5. The van der Waals surface area contributed by atoms with Crippen LogP contribution >= 0.6 is 11.8 Å². The molecule has 2 N–H and O–H groups in total. The quantitative estimate of drug-likeness (QED) is 0.257. The third-order valence-electron chi connectivity index (χ3n) is 4.65. The molecule has 27 heavy (non-hydrogen) atoms. The van der Waals surface area contributed by atoms with E-state index in [4.69, 9.17) is 5.11 Å². The molecule has 1 aromatic carbocycles. The fraction of sp³-hybridized carbons (Fsp3) is 0.524. The van der Waals surface area contributed by atoms with Crippen molar-refractivity contribution < 1.29 is 19.8 Å². The lowest BCUT2D eigenvalue weighted by Gasteiger charge is -2.34. The average molecular weight is 392 g/mol. The van der Waals surface area contributed by atoms with Gasteiger partial charge in [-0.3, -0.25) is 9.59 Å². The molecule has 0 bridgehead atoms. The summed E-state index contributed by atoms with van der Waals surface area (Å²) in [6, 6.07) is 9.79. The average Bonchev–Trinajstić information content (AvgIpc) is 2.65. The fourth-order valence-electron chi connectivity index (χ4n) is 3.25. The van der Waals surface area contributed by atoms with E-state index in [1.807, 2.05) is 41.3 Å². The number of unbranched alkanes of at least 4 members (excludes halogenated alkanes) is 3. The predicted octanol–water partition coefficient (Wildman–Crippen LogP) is 4.07. The van der Waals surface area contributed by atoms with Crippen LogP contribution in [-0.4, -0.2) is 45.0 Å². The van der Waals surface area contributed by atoms with Gasteiger partial charge in [0.25, 0.3) is 0 Å². The molecule has 6 heteroatoms. The van der Waals surface area contributed by atoms with Crippen molar-refractivity contribution in [1.82, 2.24) is 4.90 Å². The van der Waals surface area contributed by atoms with Gasteiger partial charge in [0.1, 0.15) is 5.44 Å². The highest BCUT2D eigenvalue weighted by molar-refractivity contribution is 7.99. The molecule has 0 aromatic heterocycles. The van der Waals surface area contributed by atoms with Crippen molar-refractivity contribution in [3.05, 3.63) is 42.5 Å². The Bertz CT molecular complexity index is 620. The molecule has 1 fully saturated rings. The maximum atomic E-state index is 12.3. The van der Waals surface area contributed by atoms with Crippen LogP contribution in [0.3, 0.4) is 0 Å². The topological polar surface area (TPSA) is 77.8 Å². The highest BCUT2D eigenvalue weighted by Gasteiger charge is 2.25. The number of carboxylic acid groups (broad SMARTS) is 1. The Morgan fingerprint density at radius 3 is 2.70 bits per heavy atom. The molecule has 148 valence electrons. The molecule has 1 saturated heterocycles. The molecule has 1 aromatic rings. The van der Waals surface area contributed by atoms with E-state index in [0.29, 0.717) is 19.4 Å². The van der Waals surface area contributed by atoms with Crippen LogP contribution < -0.4 is 0 Å². The Hall–Kier alpha value is -1.79. The Labute approximate surface area is 165 Å². The summed E-state index contributed by atoms with van der Waals surface area (Å²) in [7, 11) is 0. The number of carbonyl (C=O) groups excluding carboxylic acids is 1. The maximum absolute atomic E-state index is 12.3. The number of carboxylic acids is 1. The summed E-state index contributed by atoms with van der Waals surface area (Å²) < 4.78 is 0. The van der Waals surface area contributed by atoms with Crippen molar-refractivity contribution in [2.45, 2.75) is 67.7 Å². The molecule has 0 aliphatic carbocycles. The second-order valence-electron chi connectivity index (χ2n) is 6.81. The van der Waals surface area contributed by atoms with Gasteiger partial charge in [-0.2, -0.15) is 0 Å². The summed E-state index contributed by atoms with van der Waals surface area (Å²) in [6.45, 7) is 0.697. The SMILES string of the molecule is O=C(O)CCCCCCN1C(=O)CCC[C@@H]1/C=C/C(O)Sc1ccccc1. The van der Waals surface area contributed by atoms with Crippen LogP contribution in [0.25, 0.3) is 0 Å². The van der Waals surface area contributed by atoms with Gasteiger partial charge in [0, 0.05) is 24.3 Å². The molecule has 1 heterocycles. The molecule has 5 nitrogen and oxygen atoms in total. The van der Waals surface area contributed by atoms with Crippen LogP contribution in [0, 0.1) is 0 Å². The minimum absolute atomic E-state index is 0.0382. The minimum Gasteiger partial charge on any atom is -0.481 e. The number of benzene rings is 1. The van der Waals surface area contributed by atoms with Crippen LogP contribution in [-0.2, 0) is 9.59 Å². The van der Waals surface area contributed by atoms with E-state index >= 15 is 0 Å². The highest BCUT2D eigenvalue weighted by Crippen LogP contribution is 2.24. The Morgan fingerprint density at radius 2 is 1.96 bits per heavy atom. The minimum atomic E-state index is -0.752. The third kappa shape index (κ3) is 8.18. The van der Waals surface area contributed by atoms with Gasteiger partial charge in [-0.15, -0.1) is 0 Å². The smallest absolute Gasteiger partial charge is 0.303 e. The number of nitrogens with zero attached hydrogens (tertiary/aromatic N) is 1. The van der Waals surface area contributed by atoms with Gasteiger partial charge in [0.2, 0.25) is 5.91 Å². The predicted molar refractivity (Wildman–Crippen MR) is 108 cm³/mol. The number of aliphatic carboxylic acids is 1. The second kappa shape index (κ2) is 11.8. The summed E-state index contributed by atoms with van der Waals surface area (Å²) in [5.74, 6) is -0.579. The van der Waals surface area contributed by atoms with Crippen molar-refractivity contribution in [2.75, 3.05) is 6.54 Å². The number of thioether (sulfide) groups is 1. The molecule has 0 radical (unpaired) electrons. The lowest BCUT2D eigenvalue weighted by molar-refractivity contribution is -0.137. The van der Waals surface area contributed by atoms with E-state index < -0.39 is 11.4 Å². The van der Waals surface area contributed by atoms with Gasteiger partial charge >= 0.3 is 5.97 Å². The largest absolute Gasteiger partial charge is 0.481 e. The van der Waals surface area contributed by atoms with Gasteiger partial charge in [0.05, 0.1) is 6.04 Å². The number of aliphatic hydroxyl groups excluding tert-OH is 1. The number of piperidine rings is 1. The summed E-state index contributed by atoms with van der Waals surface area (Å²) in [5, 5.41) is 18.9. The van der Waals surface area contributed by atoms with Gasteiger partial charge in [0.15, 0.2) is 0 Å². The van der Waals surface area contributed by atoms with Crippen molar-refractivity contribution in [2.24, 2.45) is 0 Å². The molecule has 2 rings (SSSR count). The van der Waals surface area contributed by atoms with Gasteiger partial charge < -0.3 is 15.1 Å². The Kier molecular flexibility index (Phi) is 9.42. The number of rotatable bonds is 11. The fourth-order valence-corrected chi connectivity index (χ4v) is 4.01. The van der Waals surface area contributed by atoms with E-state index in [-0.39, 0.29) is 18.4 Å². The molecule has 1 amide bonds. The number of aliphatic hydroxyl groups is 1. The van der Waals surface area contributed by atoms with E-state index in [2.05, 4.69) is 0 Å². The molecular weight excluding hydrogens is 362 g/mol.